The van der Waals surface area contributed by atoms with E-state index in [2.05, 4.69) is 19.2 Å². The van der Waals surface area contributed by atoms with Gasteiger partial charge in [-0.2, -0.15) is 0 Å². The van der Waals surface area contributed by atoms with E-state index in [4.69, 9.17) is 4.74 Å². The van der Waals surface area contributed by atoms with Crippen LogP contribution in [-0.4, -0.2) is 18.1 Å². The van der Waals surface area contributed by atoms with Crippen molar-refractivity contribution in [3.63, 3.8) is 0 Å². The molecule has 0 aliphatic carbocycles. The average molecular weight is 277 g/mol. The molecule has 1 aromatic carbocycles. The first-order valence-corrected chi connectivity index (χ1v) is 7.38. The van der Waals surface area contributed by atoms with Crippen LogP contribution in [0.3, 0.4) is 0 Å². The van der Waals surface area contributed by atoms with Crippen LogP contribution in [0, 0.1) is 11.8 Å². The van der Waals surface area contributed by atoms with Crippen molar-refractivity contribution in [1.82, 2.24) is 5.32 Å². The minimum absolute atomic E-state index is 0.0444. The standard InChI is InChI=1S/C17H27NO2/c1-13(2)11-12-18-16(19)17(5,14(3)4)20-15-9-7-6-8-10-15/h6-10,13-14H,11-12H2,1-5H3,(H,18,19). The quantitative estimate of drug-likeness (QED) is 0.826. The van der Waals surface area contributed by atoms with Crippen LogP contribution in [0.1, 0.15) is 41.0 Å². The smallest absolute Gasteiger partial charge is 0.264 e. The largest absolute Gasteiger partial charge is 0.477 e. The van der Waals surface area contributed by atoms with Gasteiger partial charge in [-0.05, 0) is 31.4 Å². The van der Waals surface area contributed by atoms with Crippen molar-refractivity contribution in [3.05, 3.63) is 30.3 Å². The monoisotopic (exact) mass is 277 g/mol. The molecule has 1 unspecified atom stereocenters. The van der Waals surface area contributed by atoms with Gasteiger partial charge in [0, 0.05) is 12.5 Å². The first kappa shape index (κ1) is 16.5. The highest BCUT2D eigenvalue weighted by Crippen LogP contribution is 2.25. The summed E-state index contributed by atoms with van der Waals surface area (Å²) in [5.41, 5.74) is -0.849. The van der Waals surface area contributed by atoms with Gasteiger partial charge < -0.3 is 10.1 Å². The first-order valence-electron chi connectivity index (χ1n) is 7.38. The van der Waals surface area contributed by atoms with E-state index in [-0.39, 0.29) is 11.8 Å². The third-order valence-corrected chi connectivity index (χ3v) is 3.63. The Bertz CT molecular complexity index is 414. The van der Waals surface area contributed by atoms with Gasteiger partial charge in [0.1, 0.15) is 5.75 Å². The van der Waals surface area contributed by atoms with Crippen LogP contribution >= 0.6 is 0 Å². The maximum absolute atomic E-state index is 12.5. The molecule has 3 nitrogen and oxygen atoms in total. The lowest BCUT2D eigenvalue weighted by molar-refractivity contribution is -0.139. The Morgan fingerprint density at radius 2 is 1.80 bits per heavy atom. The Kier molecular flexibility index (Phi) is 6.05. The lowest BCUT2D eigenvalue weighted by Gasteiger charge is -2.33. The molecule has 1 rings (SSSR count). The van der Waals surface area contributed by atoms with Crippen molar-refractivity contribution in [1.29, 1.82) is 0 Å². The summed E-state index contributed by atoms with van der Waals surface area (Å²) >= 11 is 0. The van der Waals surface area contributed by atoms with Crippen LogP contribution in [0.4, 0.5) is 0 Å². The summed E-state index contributed by atoms with van der Waals surface area (Å²) in [6.07, 6.45) is 0.977. The molecule has 0 saturated heterocycles. The van der Waals surface area contributed by atoms with E-state index in [9.17, 15) is 4.79 Å². The van der Waals surface area contributed by atoms with Crippen LogP contribution in [0.5, 0.6) is 5.75 Å². The molecule has 0 heterocycles. The second-order valence-corrected chi connectivity index (χ2v) is 6.12. The first-order chi connectivity index (χ1) is 9.36. The van der Waals surface area contributed by atoms with Crippen LogP contribution in [0.2, 0.25) is 0 Å². The number of nitrogens with one attached hydrogen (secondary N) is 1. The van der Waals surface area contributed by atoms with E-state index >= 15 is 0 Å². The Hall–Kier alpha value is -1.51. The number of carbonyl (C=O) groups excluding carboxylic acids is 1. The molecule has 3 heteroatoms. The zero-order valence-electron chi connectivity index (χ0n) is 13.3. The lowest BCUT2D eigenvalue weighted by Crippen LogP contribution is -2.52. The molecule has 1 aromatic rings. The minimum Gasteiger partial charge on any atom is -0.477 e. The predicted molar refractivity (Wildman–Crippen MR) is 82.8 cm³/mol. The number of rotatable bonds is 7. The molecule has 0 saturated carbocycles. The molecule has 0 radical (unpaired) electrons. The molecular weight excluding hydrogens is 250 g/mol. The topological polar surface area (TPSA) is 38.3 Å². The van der Waals surface area contributed by atoms with Gasteiger partial charge in [0.2, 0.25) is 0 Å². The molecule has 0 spiro atoms. The summed E-state index contributed by atoms with van der Waals surface area (Å²) < 4.78 is 5.97. The summed E-state index contributed by atoms with van der Waals surface area (Å²) in [7, 11) is 0. The number of para-hydroxylation sites is 1. The fraction of sp³-hybridized carbons (Fsp3) is 0.588. The summed E-state index contributed by atoms with van der Waals surface area (Å²) in [5, 5.41) is 2.99. The van der Waals surface area contributed by atoms with E-state index in [1.165, 1.54) is 0 Å². The zero-order chi connectivity index (χ0) is 15.2. The molecule has 20 heavy (non-hydrogen) atoms. The zero-order valence-corrected chi connectivity index (χ0v) is 13.3. The third kappa shape index (κ3) is 4.55. The van der Waals surface area contributed by atoms with Gasteiger partial charge in [-0.1, -0.05) is 45.9 Å². The molecule has 0 aliphatic rings. The van der Waals surface area contributed by atoms with Gasteiger partial charge in [-0.25, -0.2) is 0 Å². The highest BCUT2D eigenvalue weighted by molar-refractivity contribution is 5.85. The Morgan fingerprint density at radius 3 is 2.30 bits per heavy atom. The Morgan fingerprint density at radius 1 is 1.20 bits per heavy atom. The highest BCUT2D eigenvalue weighted by Gasteiger charge is 2.38. The van der Waals surface area contributed by atoms with Crippen molar-refractivity contribution in [2.24, 2.45) is 11.8 Å². The number of benzene rings is 1. The molecule has 0 aliphatic heterocycles. The summed E-state index contributed by atoms with van der Waals surface area (Å²) in [6.45, 7) is 10.9. The lowest BCUT2D eigenvalue weighted by atomic mass is 9.91. The van der Waals surface area contributed by atoms with Gasteiger partial charge in [0.15, 0.2) is 5.60 Å². The Balaban J connectivity index is 2.73. The van der Waals surface area contributed by atoms with E-state index in [0.717, 1.165) is 12.2 Å². The number of amides is 1. The van der Waals surface area contributed by atoms with E-state index in [1.54, 1.807) is 0 Å². The van der Waals surface area contributed by atoms with E-state index < -0.39 is 5.60 Å². The fourth-order valence-corrected chi connectivity index (χ4v) is 1.81. The summed E-state index contributed by atoms with van der Waals surface area (Å²) in [4.78, 5) is 12.5. The van der Waals surface area contributed by atoms with Gasteiger partial charge in [0.25, 0.3) is 5.91 Å². The van der Waals surface area contributed by atoms with Gasteiger partial charge in [-0.3, -0.25) is 4.79 Å². The number of hydrogen-bond donors (Lipinski definition) is 1. The molecule has 0 aromatic heterocycles. The SMILES string of the molecule is CC(C)CCNC(=O)C(C)(Oc1ccccc1)C(C)C. The van der Waals surface area contributed by atoms with Crippen molar-refractivity contribution in [2.45, 2.75) is 46.6 Å². The predicted octanol–water partition coefficient (Wildman–Crippen LogP) is 3.64. The molecule has 1 atom stereocenters. The molecule has 112 valence electrons. The maximum Gasteiger partial charge on any atom is 0.264 e. The van der Waals surface area contributed by atoms with Crippen molar-refractivity contribution >= 4 is 5.91 Å². The molecule has 0 bridgehead atoms. The van der Waals surface area contributed by atoms with Crippen LogP contribution in [0.15, 0.2) is 30.3 Å². The van der Waals surface area contributed by atoms with Crippen LogP contribution in [0.25, 0.3) is 0 Å². The van der Waals surface area contributed by atoms with Crippen molar-refractivity contribution in [2.75, 3.05) is 6.54 Å². The second kappa shape index (κ2) is 7.32. The molecule has 1 amide bonds. The van der Waals surface area contributed by atoms with Gasteiger partial charge >= 0.3 is 0 Å². The van der Waals surface area contributed by atoms with Crippen LogP contribution < -0.4 is 10.1 Å². The highest BCUT2D eigenvalue weighted by atomic mass is 16.5. The minimum atomic E-state index is -0.849. The van der Waals surface area contributed by atoms with Crippen molar-refractivity contribution < 1.29 is 9.53 Å². The number of ether oxygens (including phenoxy) is 1. The van der Waals surface area contributed by atoms with Gasteiger partial charge in [0.05, 0.1) is 0 Å². The summed E-state index contributed by atoms with van der Waals surface area (Å²) in [6, 6.07) is 9.51. The number of hydrogen-bond acceptors (Lipinski definition) is 2. The number of carbonyl (C=O) groups is 1. The van der Waals surface area contributed by atoms with Crippen LogP contribution in [-0.2, 0) is 4.79 Å². The van der Waals surface area contributed by atoms with Crippen molar-refractivity contribution in [3.8, 4) is 5.75 Å². The Labute approximate surface area is 122 Å². The molecular formula is C17H27NO2. The normalized spacial score (nSPS) is 14.2. The second-order valence-electron chi connectivity index (χ2n) is 6.12. The summed E-state index contributed by atoms with van der Waals surface area (Å²) in [5.74, 6) is 1.34. The van der Waals surface area contributed by atoms with Gasteiger partial charge in [-0.15, -0.1) is 0 Å². The van der Waals surface area contributed by atoms with E-state index in [1.807, 2.05) is 51.1 Å². The molecule has 1 N–H and O–H groups in total. The maximum atomic E-state index is 12.5. The fourth-order valence-electron chi connectivity index (χ4n) is 1.81. The van der Waals surface area contributed by atoms with E-state index in [0.29, 0.717) is 12.5 Å². The third-order valence-electron chi connectivity index (χ3n) is 3.63. The molecule has 0 fully saturated rings. The average Bonchev–Trinajstić information content (AvgIpc) is 2.38.